The van der Waals surface area contributed by atoms with Gasteiger partial charge in [-0.3, -0.25) is 0 Å². The molecule has 0 aliphatic carbocycles. The molecule has 0 bridgehead atoms. The quantitative estimate of drug-likeness (QED) is 0.432. The summed E-state index contributed by atoms with van der Waals surface area (Å²) in [6.07, 6.45) is 0. The van der Waals surface area contributed by atoms with Crippen molar-refractivity contribution in [1.82, 2.24) is 0 Å². The van der Waals surface area contributed by atoms with Gasteiger partial charge < -0.3 is 0 Å². The number of rotatable bonds is 0. The Labute approximate surface area is 74.2 Å². The van der Waals surface area contributed by atoms with Crippen LogP contribution in [0.4, 0.5) is 8.78 Å². The normalized spacial score (nSPS) is 8.92. The molecule has 0 heterocycles. The van der Waals surface area contributed by atoms with Gasteiger partial charge in [-0.25, -0.2) is 8.78 Å². The molecule has 0 N–H and O–H groups in total. The minimum Gasteiger partial charge on any atom is -0.204 e. The fourth-order valence-corrected chi connectivity index (χ4v) is 0.776. The molecule has 1 rings (SSSR count). The number of halogens is 3. The second kappa shape index (κ2) is 4.08. The lowest BCUT2D eigenvalue weighted by Crippen LogP contribution is -1.84. The maximum absolute atomic E-state index is 12.5. The summed E-state index contributed by atoms with van der Waals surface area (Å²) in [5, 5.41) is 0. The van der Waals surface area contributed by atoms with Gasteiger partial charge in [0.15, 0.2) is 11.6 Å². The van der Waals surface area contributed by atoms with E-state index in [2.05, 4.69) is 11.8 Å². The predicted octanol–water partition coefficient (Wildman–Crippen LogP) is 2.56. The highest BCUT2D eigenvalue weighted by atomic mass is 35.5. The monoisotopic (exact) mass is 186 g/mol. The van der Waals surface area contributed by atoms with E-state index in [1.165, 1.54) is 6.07 Å². The van der Waals surface area contributed by atoms with Crippen molar-refractivity contribution in [2.45, 2.75) is 0 Å². The largest absolute Gasteiger partial charge is 0.204 e. The average Bonchev–Trinajstić information content (AvgIpc) is 2.07. The van der Waals surface area contributed by atoms with E-state index in [9.17, 15) is 8.78 Å². The molecule has 0 radical (unpaired) electrons. The van der Waals surface area contributed by atoms with Crippen LogP contribution in [0.25, 0.3) is 0 Å². The Morgan fingerprint density at radius 1 is 1.25 bits per heavy atom. The minimum absolute atomic E-state index is 0.180. The Bertz CT molecular complexity index is 336. The second-order valence-electron chi connectivity index (χ2n) is 2.06. The minimum atomic E-state index is -0.892. The first kappa shape index (κ1) is 9.02. The second-order valence-corrected chi connectivity index (χ2v) is 2.33. The number of alkyl halides is 1. The van der Waals surface area contributed by atoms with Gasteiger partial charge in [0.2, 0.25) is 0 Å². The fraction of sp³-hybridized carbons (Fsp3) is 0.111. The highest BCUT2D eigenvalue weighted by Gasteiger charge is 1.99. The Hall–Kier alpha value is -1.07. The highest BCUT2D eigenvalue weighted by molar-refractivity contribution is 6.19. The topological polar surface area (TPSA) is 0 Å². The Balaban J connectivity index is 2.97. The van der Waals surface area contributed by atoms with E-state index in [-0.39, 0.29) is 5.88 Å². The molecule has 0 unspecified atom stereocenters. The predicted molar refractivity (Wildman–Crippen MR) is 44.0 cm³/mol. The third kappa shape index (κ3) is 2.21. The smallest absolute Gasteiger partial charge is 0.160 e. The first-order valence-corrected chi connectivity index (χ1v) is 3.77. The van der Waals surface area contributed by atoms with Gasteiger partial charge in [0.1, 0.15) is 0 Å². The molecule has 0 amide bonds. The summed E-state index contributed by atoms with van der Waals surface area (Å²) in [4.78, 5) is 0. The van der Waals surface area contributed by atoms with Crippen LogP contribution in [0.15, 0.2) is 18.2 Å². The van der Waals surface area contributed by atoms with Crippen molar-refractivity contribution in [2.75, 3.05) is 5.88 Å². The summed E-state index contributed by atoms with van der Waals surface area (Å²) < 4.78 is 24.9. The summed E-state index contributed by atoms with van der Waals surface area (Å²) in [5.74, 6) is 3.53. The SMILES string of the molecule is Fc1ccc(C#CCCl)cc1F. The molecule has 0 saturated heterocycles. The highest BCUT2D eigenvalue weighted by Crippen LogP contribution is 2.07. The van der Waals surface area contributed by atoms with Crippen LogP contribution in [0.2, 0.25) is 0 Å². The molecule has 0 nitrogen and oxygen atoms in total. The number of hydrogen-bond acceptors (Lipinski definition) is 0. The molecule has 12 heavy (non-hydrogen) atoms. The molecule has 0 aromatic heterocycles. The van der Waals surface area contributed by atoms with Gasteiger partial charge in [0.05, 0.1) is 5.88 Å². The van der Waals surface area contributed by atoms with E-state index in [1.54, 1.807) is 0 Å². The van der Waals surface area contributed by atoms with Gasteiger partial charge in [0.25, 0.3) is 0 Å². The van der Waals surface area contributed by atoms with Crippen LogP contribution in [-0.2, 0) is 0 Å². The van der Waals surface area contributed by atoms with Crippen LogP contribution in [0.5, 0.6) is 0 Å². The summed E-state index contributed by atoms with van der Waals surface area (Å²) in [5.41, 5.74) is 0.426. The van der Waals surface area contributed by atoms with Gasteiger partial charge in [0, 0.05) is 5.56 Å². The molecule has 0 fully saturated rings. The zero-order valence-electron chi connectivity index (χ0n) is 6.07. The van der Waals surface area contributed by atoms with E-state index in [1.807, 2.05) is 0 Å². The van der Waals surface area contributed by atoms with E-state index in [0.717, 1.165) is 12.1 Å². The third-order valence-electron chi connectivity index (χ3n) is 1.22. The maximum atomic E-state index is 12.5. The van der Waals surface area contributed by atoms with Crippen molar-refractivity contribution < 1.29 is 8.78 Å². The van der Waals surface area contributed by atoms with E-state index in [4.69, 9.17) is 11.6 Å². The van der Waals surface area contributed by atoms with Crippen molar-refractivity contribution in [3.05, 3.63) is 35.4 Å². The maximum Gasteiger partial charge on any atom is 0.160 e. The zero-order chi connectivity index (χ0) is 8.97. The van der Waals surface area contributed by atoms with Gasteiger partial charge in [-0.2, -0.15) is 0 Å². The van der Waals surface area contributed by atoms with Crippen molar-refractivity contribution in [3.63, 3.8) is 0 Å². The van der Waals surface area contributed by atoms with Crippen molar-refractivity contribution in [3.8, 4) is 11.8 Å². The lowest BCUT2D eigenvalue weighted by molar-refractivity contribution is 0.508. The van der Waals surface area contributed by atoms with Crippen LogP contribution in [-0.4, -0.2) is 5.88 Å². The van der Waals surface area contributed by atoms with Gasteiger partial charge >= 0.3 is 0 Å². The molecule has 1 aromatic carbocycles. The van der Waals surface area contributed by atoms with Gasteiger partial charge in [-0.1, -0.05) is 11.8 Å². The molecule has 1 aromatic rings. The summed E-state index contributed by atoms with van der Waals surface area (Å²) in [7, 11) is 0. The first-order chi connectivity index (χ1) is 5.74. The van der Waals surface area contributed by atoms with E-state index < -0.39 is 11.6 Å². The third-order valence-corrected chi connectivity index (χ3v) is 1.35. The summed E-state index contributed by atoms with van der Waals surface area (Å²) >= 11 is 5.28. The van der Waals surface area contributed by atoms with Crippen molar-refractivity contribution >= 4 is 11.6 Å². The van der Waals surface area contributed by atoms with E-state index >= 15 is 0 Å². The molecule has 0 aliphatic heterocycles. The Morgan fingerprint density at radius 3 is 2.58 bits per heavy atom. The van der Waals surface area contributed by atoms with Crippen molar-refractivity contribution in [1.29, 1.82) is 0 Å². The molecule has 0 saturated carbocycles. The summed E-state index contributed by atoms with van der Waals surface area (Å²) in [6.45, 7) is 0. The van der Waals surface area contributed by atoms with Crippen LogP contribution in [0, 0.1) is 23.5 Å². The summed E-state index contributed by atoms with van der Waals surface area (Å²) in [6, 6.07) is 3.47. The Morgan fingerprint density at radius 2 is 2.00 bits per heavy atom. The van der Waals surface area contributed by atoms with Crippen LogP contribution in [0.3, 0.4) is 0 Å². The van der Waals surface area contributed by atoms with Crippen molar-refractivity contribution in [2.24, 2.45) is 0 Å². The average molecular weight is 187 g/mol. The lowest BCUT2D eigenvalue weighted by Gasteiger charge is -1.91. The van der Waals surface area contributed by atoms with Crippen LogP contribution in [0.1, 0.15) is 5.56 Å². The molecule has 0 aliphatic rings. The first-order valence-electron chi connectivity index (χ1n) is 3.24. The molecule has 62 valence electrons. The van der Waals surface area contributed by atoms with Gasteiger partial charge in [-0.15, -0.1) is 11.6 Å². The standard InChI is InChI=1S/C9H5ClF2/c10-5-1-2-7-3-4-8(11)9(12)6-7/h3-4,6H,5H2. The Kier molecular flexibility index (Phi) is 3.07. The molecule has 0 spiro atoms. The van der Waals surface area contributed by atoms with Crippen LogP contribution < -0.4 is 0 Å². The van der Waals surface area contributed by atoms with Crippen LogP contribution >= 0.6 is 11.6 Å². The number of benzene rings is 1. The van der Waals surface area contributed by atoms with Gasteiger partial charge in [-0.05, 0) is 18.2 Å². The lowest BCUT2D eigenvalue weighted by atomic mass is 10.2. The van der Waals surface area contributed by atoms with E-state index in [0.29, 0.717) is 5.56 Å². The zero-order valence-corrected chi connectivity index (χ0v) is 6.83. The molecular formula is C9H5ClF2. The molecule has 0 atom stereocenters. The number of hydrogen-bond donors (Lipinski definition) is 0. The molecule has 3 heteroatoms. The molecular weight excluding hydrogens is 182 g/mol. The fourth-order valence-electron chi connectivity index (χ4n) is 0.709.